The summed E-state index contributed by atoms with van der Waals surface area (Å²) in [6.45, 7) is 2.35. The van der Waals surface area contributed by atoms with Crippen LogP contribution in [-0.2, 0) is 29.2 Å². The van der Waals surface area contributed by atoms with E-state index in [4.69, 9.17) is 0 Å². The highest BCUT2D eigenvalue weighted by Crippen LogP contribution is 2.33. The molecule has 0 spiro atoms. The molecule has 0 saturated carbocycles. The number of fused-ring (bicyclic) bond motifs is 3. The van der Waals surface area contributed by atoms with Gasteiger partial charge in [-0.2, -0.15) is 22.6 Å². The summed E-state index contributed by atoms with van der Waals surface area (Å²) in [6.07, 6.45) is -2.26. The Hall–Kier alpha value is -3.24. The number of sulfonamides is 1. The van der Waals surface area contributed by atoms with Gasteiger partial charge in [-0.05, 0) is 42.3 Å². The fourth-order valence-corrected chi connectivity index (χ4v) is 5.50. The zero-order valence-corrected chi connectivity index (χ0v) is 18.4. The van der Waals surface area contributed by atoms with Crippen LogP contribution >= 0.6 is 0 Å². The number of aromatic nitrogens is 3. The third-order valence-corrected chi connectivity index (χ3v) is 7.61. The van der Waals surface area contributed by atoms with Crippen LogP contribution < -0.4 is 0 Å². The molecule has 0 aliphatic carbocycles. The zero-order chi connectivity index (χ0) is 23.4. The largest absolute Gasteiger partial charge is 0.416 e. The summed E-state index contributed by atoms with van der Waals surface area (Å²) in [7, 11) is -3.79. The number of benzene rings is 2. The van der Waals surface area contributed by atoms with E-state index in [0.717, 1.165) is 34.7 Å². The summed E-state index contributed by atoms with van der Waals surface area (Å²) in [5.74, 6) is 0. The lowest BCUT2D eigenvalue weighted by Gasteiger charge is -2.28. The first kappa shape index (κ1) is 21.6. The molecule has 0 unspecified atom stereocenters. The van der Waals surface area contributed by atoms with Crippen LogP contribution in [0.25, 0.3) is 16.8 Å². The lowest BCUT2D eigenvalue weighted by molar-refractivity contribution is -0.137. The van der Waals surface area contributed by atoms with Crippen molar-refractivity contribution in [1.82, 2.24) is 18.9 Å². The number of aryl methyl sites for hydroxylation is 1. The highest BCUT2D eigenvalue weighted by Gasteiger charge is 2.31. The summed E-state index contributed by atoms with van der Waals surface area (Å²) in [4.78, 5) is 4.46. The SMILES string of the molecule is Cc1cc2ncc3c(n2n1)CCN(S(=O)(=O)c1ccc(-c2cccc(C(F)(F)F)c2)cc1)C3. The molecular formula is C23H19F3N4O2S. The van der Waals surface area contributed by atoms with Crippen molar-refractivity contribution >= 4 is 15.7 Å². The van der Waals surface area contributed by atoms with Crippen LogP contribution in [0.2, 0.25) is 0 Å². The molecule has 1 aliphatic rings. The molecule has 0 radical (unpaired) electrons. The smallest absolute Gasteiger partial charge is 0.237 e. The highest BCUT2D eigenvalue weighted by molar-refractivity contribution is 7.89. The maximum Gasteiger partial charge on any atom is 0.416 e. The van der Waals surface area contributed by atoms with Crippen LogP contribution in [0.3, 0.4) is 0 Å². The van der Waals surface area contributed by atoms with Crippen LogP contribution in [0, 0.1) is 6.92 Å². The second kappa shape index (κ2) is 7.67. The van der Waals surface area contributed by atoms with Gasteiger partial charge in [-0.3, -0.25) is 0 Å². The quantitative estimate of drug-likeness (QED) is 0.441. The molecule has 0 saturated heterocycles. The van der Waals surface area contributed by atoms with Gasteiger partial charge in [0.2, 0.25) is 10.0 Å². The van der Waals surface area contributed by atoms with E-state index in [9.17, 15) is 21.6 Å². The number of alkyl halides is 3. The average Bonchev–Trinajstić information content (AvgIpc) is 3.19. The number of nitrogens with zero attached hydrogens (tertiary/aromatic N) is 4. The van der Waals surface area contributed by atoms with E-state index >= 15 is 0 Å². The number of halogens is 3. The summed E-state index contributed by atoms with van der Waals surface area (Å²) in [5.41, 5.74) is 3.42. The minimum Gasteiger partial charge on any atom is -0.237 e. The molecule has 0 fully saturated rings. The maximum absolute atomic E-state index is 13.2. The van der Waals surface area contributed by atoms with Crippen LogP contribution in [-0.4, -0.2) is 33.9 Å². The maximum atomic E-state index is 13.2. The fraction of sp³-hybridized carbons (Fsp3) is 0.217. The van der Waals surface area contributed by atoms with Crippen molar-refractivity contribution in [2.75, 3.05) is 6.54 Å². The Kier molecular flexibility index (Phi) is 5.02. The predicted octanol–water partition coefficient (Wildman–Crippen LogP) is 4.47. The molecule has 0 N–H and O–H groups in total. The van der Waals surface area contributed by atoms with Crippen molar-refractivity contribution in [2.45, 2.75) is 31.0 Å². The van der Waals surface area contributed by atoms with Crippen molar-refractivity contribution in [3.63, 3.8) is 0 Å². The number of hydrogen-bond donors (Lipinski definition) is 0. The Bertz CT molecular complexity index is 1460. The van der Waals surface area contributed by atoms with Crippen molar-refractivity contribution in [3.8, 4) is 11.1 Å². The number of rotatable bonds is 3. The normalized spacial score (nSPS) is 15.0. The van der Waals surface area contributed by atoms with E-state index in [0.29, 0.717) is 24.1 Å². The van der Waals surface area contributed by atoms with Gasteiger partial charge >= 0.3 is 6.18 Å². The first-order chi connectivity index (χ1) is 15.6. The second-order valence-corrected chi connectivity index (χ2v) is 9.92. The molecule has 2 aromatic heterocycles. The zero-order valence-electron chi connectivity index (χ0n) is 17.5. The summed E-state index contributed by atoms with van der Waals surface area (Å²) in [6, 6.07) is 12.7. The molecule has 6 nitrogen and oxygen atoms in total. The minimum absolute atomic E-state index is 0.0886. The van der Waals surface area contributed by atoms with Gasteiger partial charge in [-0.1, -0.05) is 24.3 Å². The predicted molar refractivity (Wildman–Crippen MR) is 116 cm³/mol. The Morgan fingerprint density at radius 1 is 1.00 bits per heavy atom. The van der Waals surface area contributed by atoms with E-state index in [-0.39, 0.29) is 11.4 Å². The number of hydrogen-bond acceptors (Lipinski definition) is 4. The van der Waals surface area contributed by atoms with E-state index < -0.39 is 21.8 Å². The molecular weight excluding hydrogens is 453 g/mol. The molecule has 1 aliphatic heterocycles. The summed E-state index contributed by atoms with van der Waals surface area (Å²) in [5, 5.41) is 4.45. The third kappa shape index (κ3) is 3.89. The van der Waals surface area contributed by atoms with Gasteiger partial charge in [0.05, 0.1) is 21.8 Å². The van der Waals surface area contributed by atoms with Crippen molar-refractivity contribution in [3.05, 3.63) is 83.3 Å². The third-order valence-electron chi connectivity index (χ3n) is 5.75. The van der Waals surface area contributed by atoms with Crippen molar-refractivity contribution in [2.24, 2.45) is 0 Å². The Morgan fingerprint density at radius 3 is 2.48 bits per heavy atom. The molecule has 0 bridgehead atoms. The molecule has 33 heavy (non-hydrogen) atoms. The summed E-state index contributed by atoms with van der Waals surface area (Å²) < 4.78 is 68.6. The van der Waals surface area contributed by atoms with Gasteiger partial charge in [0.1, 0.15) is 0 Å². The lowest BCUT2D eigenvalue weighted by atomic mass is 10.0. The van der Waals surface area contributed by atoms with Gasteiger partial charge in [-0.25, -0.2) is 17.9 Å². The first-order valence-corrected chi connectivity index (χ1v) is 11.7. The molecule has 4 aromatic rings. The van der Waals surface area contributed by atoms with Gasteiger partial charge in [0, 0.05) is 37.3 Å². The first-order valence-electron chi connectivity index (χ1n) is 10.2. The van der Waals surface area contributed by atoms with Crippen molar-refractivity contribution < 1.29 is 21.6 Å². The molecule has 10 heteroatoms. The van der Waals surface area contributed by atoms with Crippen LogP contribution in [0.1, 0.15) is 22.5 Å². The van der Waals surface area contributed by atoms with Gasteiger partial charge in [-0.15, -0.1) is 0 Å². The Balaban J connectivity index is 1.41. The topological polar surface area (TPSA) is 67.6 Å². The molecule has 3 heterocycles. The Morgan fingerprint density at radius 2 is 1.76 bits per heavy atom. The standard InChI is InChI=1S/C23H19F3N4O2S/c1-15-11-22-27-13-18-14-29(10-9-21(18)30(22)28-15)33(31,32)20-7-5-16(6-8-20)17-3-2-4-19(12-17)23(24,25)26/h2-8,11-13H,9-10,14H2,1H3. The lowest BCUT2D eigenvalue weighted by Crippen LogP contribution is -2.37. The van der Waals surface area contributed by atoms with Gasteiger partial charge in [0.15, 0.2) is 5.65 Å². The molecule has 0 amide bonds. The van der Waals surface area contributed by atoms with Crippen LogP contribution in [0.15, 0.2) is 65.7 Å². The molecule has 170 valence electrons. The summed E-state index contributed by atoms with van der Waals surface area (Å²) >= 11 is 0. The van der Waals surface area contributed by atoms with E-state index in [2.05, 4.69) is 10.1 Å². The van der Waals surface area contributed by atoms with Crippen LogP contribution in [0.5, 0.6) is 0 Å². The van der Waals surface area contributed by atoms with Gasteiger partial charge in [0.25, 0.3) is 0 Å². The van der Waals surface area contributed by atoms with E-state index in [1.165, 1.54) is 34.6 Å². The average molecular weight is 472 g/mol. The van der Waals surface area contributed by atoms with E-state index in [1.807, 2.05) is 13.0 Å². The fourth-order valence-electron chi connectivity index (χ4n) is 4.08. The molecule has 5 rings (SSSR count). The minimum atomic E-state index is -4.45. The van der Waals surface area contributed by atoms with Crippen LogP contribution in [0.4, 0.5) is 13.2 Å². The molecule has 0 atom stereocenters. The second-order valence-electron chi connectivity index (χ2n) is 7.98. The Labute approximate surface area is 188 Å². The van der Waals surface area contributed by atoms with E-state index in [1.54, 1.807) is 16.8 Å². The van der Waals surface area contributed by atoms with Crippen molar-refractivity contribution in [1.29, 1.82) is 0 Å². The monoisotopic (exact) mass is 472 g/mol. The highest BCUT2D eigenvalue weighted by atomic mass is 32.2. The molecule has 2 aromatic carbocycles. The van der Waals surface area contributed by atoms with Gasteiger partial charge < -0.3 is 0 Å².